The van der Waals surface area contributed by atoms with Gasteiger partial charge in [-0.15, -0.1) is 11.6 Å². The fraction of sp³-hybridized carbons (Fsp3) is 0.500. The van der Waals surface area contributed by atoms with E-state index in [1.54, 1.807) is 19.9 Å². The zero-order chi connectivity index (χ0) is 14.6. The van der Waals surface area contributed by atoms with Crippen LogP contribution in [0.5, 0.6) is 5.75 Å². The van der Waals surface area contributed by atoms with E-state index >= 15 is 0 Å². The largest absolute Gasteiger partial charge is 0.491 e. The van der Waals surface area contributed by atoms with E-state index in [1.165, 1.54) is 6.07 Å². The fourth-order valence-electron chi connectivity index (χ4n) is 1.37. The standard InChI is InChI=1S/C12H15Cl3O3S/c1-8(2)19(16,17)4-3-18-12-9(7-13)5-10(14)6-11(12)15/h5-6,8H,3-4,7H2,1-2H3. The van der Waals surface area contributed by atoms with Gasteiger partial charge in [-0.2, -0.15) is 0 Å². The number of alkyl halides is 1. The maximum absolute atomic E-state index is 11.7. The lowest BCUT2D eigenvalue weighted by atomic mass is 10.2. The van der Waals surface area contributed by atoms with Crippen molar-refractivity contribution in [1.82, 2.24) is 0 Å². The average molecular weight is 346 g/mol. The van der Waals surface area contributed by atoms with Crippen LogP contribution in [-0.4, -0.2) is 26.0 Å². The SMILES string of the molecule is CC(C)S(=O)(=O)CCOc1c(Cl)cc(Cl)cc1CCl. The summed E-state index contributed by atoms with van der Waals surface area (Å²) in [4.78, 5) is 0. The summed E-state index contributed by atoms with van der Waals surface area (Å²) in [6, 6.07) is 3.18. The molecular weight excluding hydrogens is 331 g/mol. The molecule has 0 aliphatic heterocycles. The Morgan fingerprint density at radius 2 is 1.89 bits per heavy atom. The van der Waals surface area contributed by atoms with Crippen LogP contribution in [0.15, 0.2) is 12.1 Å². The normalized spacial score (nSPS) is 11.9. The number of sulfone groups is 1. The highest BCUT2D eigenvalue weighted by molar-refractivity contribution is 7.91. The first-order valence-electron chi connectivity index (χ1n) is 5.66. The first-order valence-corrected chi connectivity index (χ1v) is 8.66. The van der Waals surface area contributed by atoms with Gasteiger partial charge in [0.25, 0.3) is 0 Å². The predicted molar refractivity (Wildman–Crippen MR) is 80.4 cm³/mol. The van der Waals surface area contributed by atoms with Gasteiger partial charge >= 0.3 is 0 Å². The molecule has 7 heteroatoms. The van der Waals surface area contributed by atoms with Gasteiger partial charge in [0, 0.05) is 10.6 Å². The molecule has 108 valence electrons. The molecule has 0 unspecified atom stereocenters. The Bertz CT molecular complexity index is 541. The lowest BCUT2D eigenvalue weighted by Crippen LogP contribution is -2.22. The number of hydrogen-bond acceptors (Lipinski definition) is 3. The maximum Gasteiger partial charge on any atom is 0.155 e. The first kappa shape index (κ1) is 16.9. The summed E-state index contributed by atoms with van der Waals surface area (Å²) in [5.74, 6) is 0.512. The highest BCUT2D eigenvalue weighted by atomic mass is 35.5. The second-order valence-corrected chi connectivity index (χ2v) is 8.06. The van der Waals surface area contributed by atoms with Gasteiger partial charge in [-0.25, -0.2) is 8.42 Å². The number of benzene rings is 1. The van der Waals surface area contributed by atoms with Gasteiger partial charge in [0.05, 0.1) is 21.9 Å². The first-order chi connectivity index (χ1) is 8.77. The molecule has 0 atom stereocenters. The molecule has 0 aromatic heterocycles. The lowest BCUT2D eigenvalue weighted by molar-refractivity contribution is 0.338. The zero-order valence-electron chi connectivity index (χ0n) is 10.6. The van der Waals surface area contributed by atoms with Crippen molar-refractivity contribution in [1.29, 1.82) is 0 Å². The third-order valence-corrected chi connectivity index (χ3v) is 5.52. The zero-order valence-corrected chi connectivity index (χ0v) is 13.7. The van der Waals surface area contributed by atoms with Crippen molar-refractivity contribution in [3.63, 3.8) is 0 Å². The quantitative estimate of drug-likeness (QED) is 0.734. The van der Waals surface area contributed by atoms with Crippen molar-refractivity contribution in [3.05, 3.63) is 27.7 Å². The second-order valence-electron chi connectivity index (χ2n) is 4.27. The molecule has 1 aromatic rings. The third kappa shape index (κ3) is 4.71. The molecule has 0 aliphatic carbocycles. The van der Waals surface area contributed by atoms with E-state index in [9.17, 15) is 8.42 Å². The summed E-state index contributed by atoms with van der Waals surface area (Å²) in [5, 5.41) is 0.359. The highest BCUT2D eigenvalue weighted by Crippen LogP contribution is 2.33. The van der Waals surface area contributed by atoms with Gasteiger partial charge in [-0.1, -0.05) is 23.2 Å². The third-order valence-electron chi connectivity index (χ3n) is 2.56. The predicted octanol–water partition coefficient (Wildman–Crippen LogP) is 3.93. The summed E-state index contributed by atoms with van der Waals surface area (Å²) < 4.78 is 28.8. The molecule has 0 saturated carbocycles. The Balaban J connectivity index is 2.79. The van der Waals surface area contributed by atoms with Gasteiger partial charge in [0.1, 0.15) is 12.4 Å². The van der Waals surface area contributed by atoms with Crippen LogP contribution in [0.2, 0.25) is 10.0 Å². The smallest absolute Gasteiger partial charge is 0.155 e. The maximum atomic E-state index is 11.7. The van der Waals surface area contributed by atoms with Crippen molar-refractivity contribution >= 4 is 44.6 Å². The van der Waals surface area contributed by atoms with Gasteiger partial charge < -0.3 is 4.74 Å². The molecule has 0 heterocycles. The Hall–Kier alpha value is -0.160. The van der Waals surface area contributed by atoms with Crippen LogP contribution in [0.3, 0.4) is 0 Å². The van der Waals surface area contributed by atoms with E-state index in [4.69, 9.17) is 39.5 Å². The van der Waals surface area contributed by atoms with Gasteiger partial charge in [-0.3, -0.25) is 0 Å². The number of halogens is 3. The summed E-state index contributed by atoms with van der Waals surface area (Å²) in [7, 11) is -3.14. The average Bonchev–Trinajstić information content (AvgIpc) is 2.30. The van der Waals surface area contributed by atoms with Crippen LogP contribution >= 0.6 is 34.8 Å². The summed E-state index contributed by atoms with van der Waals surface area (Å²) in [5.41, 5.74) is 0.640. The number of ether oxygens (including phenoxy) is 1. The van der Waals surface area contributed by atoms with Crippen LogP contribution < -0.4 is 4.74 Å². The molecule has 0 aliphatic rings. The molecule has 3 nitrogen and oxygen atoms in total. The second kappa shape index (κ2) is 7.02. The van der Waals surface area contributed by atoms with Gasteiger partial charge in [0.2, 0.25) is 0 Å². The molecule has 0 N–H and O–H groups in total. The molecule has 0 amide bonds. The van der Waals surface area contributed by atoms with Crippen molar-refractivity contribution in [2.24, 2.45) is 0 Å². The minimum atomic E-state index is -3.14. The summed E-state index contributed by atoms with van der Waals surface area (Å²) in [6.45, 7) is 3.30. The molecular formula is C12H15Cl3O3S. The minimum Gasteiger partial charge on any atom is -0.491 e. The van der Waals surface area contributed by atoms with Crippen LogP contribution in [0.1, 0.15) is 19.4 Å². The Morgan fingerprint density at radius 1 is 1.26 bits per heavy atom. The van der Waals surface area contributed by atoms with E-state index < -0.39 is 15.1 Å². The fourth-order valence-corrected chi connectivity index (χ4v) is 2.95. The van der Waals surface area contributed by atoms with E-state index in [1.807, 2.05) is 0 Å². The molecule has 0 saturated heterocycles. The molecule has 0 spiro atoms. The highest BCUT2D eigenvalue weighted by Gasteiger charge is 2.17. The molecule has 0 radical (unpaired) electrons. The molecule has 19 heavy (non-hydrogen) atoms. The topological polar surface area (TPSA) is 43.4 Å². The van der Waals surface area contributed by atoms with E-state index in [0.29, 0.717) is 21.4 Å². The minimum absolute atomic E-state index is 0.0335. The molecule has 0 fully saturated rings. The van der Waals surface area contributed by atoms with Crippen molar-refractivity contribution in [3.8, 4) is 5.75 Å². The van der Waals surface area contributed by atoms with Crippen LogP contribution in [0.4, 0.5) is 0 Å². The van der Waals surface area contributed by atoms with Gasteiger partial charge in [-0.05, 0) is 26.0 Å². The lowest BCUT2D eigenvalue weighted by Gasteiger charge is -2.13. The van der Waals surface area contributed by atoms with E-state index in [-0.39, 0.29) is 18.2 Å². The van der Waals surface area contributed by atoms with E-state index in [2.05, 4.69) is 0 Å². The van der Waals surface area contributed by atoms with Crippen molar-refractivity contribution < 1.29 is 13.2 Å². The molecule has 1 aromatic carbocycles. The van der Waals surface area contributed by atoms with Crippen LogP contribution in [-0.2, 0) is 15.7 Å². The number of hydrogen-bond donors (Lipinski definition) is 0. The van der Waals surface area contributed by atoms with Crippen molar-refractivity contribution in [2.75, 3.05) is 12.4 Å². The summed E-state index contributed by atoms with van der Waals surface area (Å²) >= 11 is 17.6. The summed E-state index contributed by atoms with van der Waals surface area (Å²) in [6.07, 6.45) is 0. The van der Waals surface area contributed by atoms with Gasteiger partial charge in [0.15, 0.2) is 9.84 Å². The Morgan fingerprint density at radius 3 is 2.42 bits per heavy atom. The van der Waals surface area contributed by atoms with Crippen molar-refractivity contribution in [2.45, 2.75) is 25.0 Å². The number of rotatable bonds is 6. The van der Waals surface area contributed by atoms with Crippen LogP contribution in [0, 0.1) is 0 Å². The molecule has 1 rings (SSSR count). The Kier molecular flexibility index (Phi) is 6.24. The van der Waals surface area contributed by atoms with Crippen LogP contribution in [0.25, 0.3) is 0 Å². The Labute approximate surface area is 128 Å². The molecule has 0 bridgehead atoms. The monoisotopic (exact) mass is 344 g/mol. The van der Waals surface area contributed by atoms with E-state index in [0.717, 1.165) is 0 Å².